The fraction of sp³-hybridized carbons (Fsp3) is 0.733. The van der Waals surface area contributed by atoms with E-state index in [0.717, 1.165) is 43.9 Å². The van der Waals surface area contributed by atoms with Gasteiger partial charge in [0.15, 0.2) is 5.13 Å². The molecule has 1 aliphatic rings. The minimum absolute atomic E-state index is 0.00327. The highest BCUT2D eigenvalue weighted by molar-refractivity contribution is 7.15. The molecule has 0 fully saturated rings. The highest BCUT2D eigenvalue weighted by atomic mass is 32.1. The van der Waals surface area contributed by atoms with E-state index in [0.29, 0.717) is 13.0 Å². The van der Waals surface area contributed by atoms with Gasteiger partial charge in [-0.3, -0.25) is 9.69 Å². The SMILES string of the molecule is CCCCN(CCCO)CC(=O)Nc1nc2c(s1)CCC2. The van der Waals surface area contributed by atoms with Crippen LogP contribution in [0.15, 0.2) is 0 Å². The predicted molar refractivity (Wildman–Crippen MR) is 85.8 cm³/mol. The van der Waals surface area contributed by atoms with Crippen LogP contribution in [-0.2, 0) is 17.6 Å². The molecule has 1 aliphatic carbocycles. The second-order valence-electron chi connectivity index (χ2n) is 5.50. The number of aliphatic hydroxyl groups excluding tert-OH is 1. The van der Waals surface area contributed by atoms with Gasteiger partial charge in [0.1, 0.15) is 0 Å². The van der Waals surface area contributed by atoms with Crippen LogP contribution in [0.5, 0.6) is 0 Å². The molecule has 2 N–H and O–H groups in total. The number of nitrogens with one attached hydrogen (secondary N) is 1. The first-order chi connectivity index (χ1) is 10.2. The minimum Gasteiger partial charge on any atom is -0.396 e. The van der Waals surface area contributed by atoms with Crippen LogP contribution in [0.2, 0.25) is 0 Å². The van der Waals surface area contributed by atoms with Gasteiger partial charge in [0, 0.05) is 18.0 Å². The summed E-state index contributed by atoms with van der Waals surface area (Å²) in [5.41, 5.74) is 1.17. The zero-order valence-corrected chi connectivity index (χ0v) is 13.5. The standard InChI is InChI=1S/C15H25N3O2S/c1-2-3-8-18(9-5-10-19)11-14(20)17-15-16-12-6-4-7-13(12)21-15/h19H,2-11H2,1H3,(H,16,17,20). The highest BCUT2D eigenvalue weighted by Crippen LogP contribution is 2.30. The molecule has 5 nitrogen and oxygen atoms in total. The Hall–Kier alpha value is -0.980. The van der Waals surface area contributed by atoms with Gasteiger partial charge in [-0.05, 0) is 38.6 Å². The van der Waals surface area contributed by atoms with Crippen LogP contribution in [0, 0.1) is 0 Å². The number of thiazole rings is 1. The van der Waals surface area contributed by atoms with E-state index >= 15 is 0 Å². The molecule has 0 aliphatic heterocycles. The van der Waals surface area contributed by atoms with Gasteiger partial charge >= 0.3 is 0 Å². The molecule has 2 rings (SSSR count). The van der Waals surface area contributed by atoms with Gasteiger partial charge < -0.3 is 10.4 Å². The Morgan fingerprint density at radius 1 is 1.38 bits per heavy atom. The number of nitrogens with zero attached hydrogens (tertiary/aromatic N) is 2. The van der Waals surface area contributed by atoms with Gasteiger partial charge in [0.05, 0.1) is 12.2 Å². The lowest BCUT2D eigenvalue weighted by Crippen LogP contribution is -2.35. The van der Waals surface area contributed by atoms with Crippen molar-refractivity contribution < 1.29 is 9.90 Å². The zero-order valence-electron chi connectivity index (χ0n) is 12.7. The van der Waals surface area contributed by atoms with Crippen molar-refractivity contribution in [1.29, 1.82) is 0 Å². The van der Waals surface area contributed by atoms with E-state index in [1.54, 1.807) is 11.3 Å². The number of amides is 1. The summed E-state index contributed by atoms with van der Waals surface area (Å²) in [6.45, 7) is 4.35. The maximum absolute atomic E-state index is 12.1. The van der Waals surface area contributed by atoms with Crippen LogP contribution < -0.4 is 5.32 Å². The largest absolute Gasteiger partial charge is 0.396 e. The normalized spacial score (nSPS) is 13.7. The zero-order chi connectivity index (χ0) is 15.1. The molecule has 0 radical (unpaired) electrons. The van der Waals surface area contributed by atoms with E-state index in [9.17, 15) is 4.79 Å². The van der Waals surface area contributed by atoms with Crippen LogP contribution >= 0.6 is 11.3 Å². The van der Waals surface area contributed by atoms with Gasteiger partial charge in [-0.25, -0.2) is 4.98 Å². The molecule has 0 saturated carbocycles. The van der Waals surface area contributed by atoms with Crippen LogP contribution in [0.1, 0.15) is 43.2 Å². The first-order valence-electron chi connectivity index (χ1n) is 7.84. The first kappa shape index (κ1) is 16.4. The second kappa shape index (κ2) is 8.46. The molecular formula is C15H25N3O2S. The molecule has 1 heterocycles. The van der Waals surface area contributed by atoms with Crippen molar-refractivity contribution in [2.45, 2.75) is 45.4 Å². The number of carbonyl (C=O) groups is 1. The number of aliphatic hydroxyl groups is 1. The third-order valence-electron chi connectivity index (χ3n) is 3.67. The highest BCUT2D eigenvalue weighted by Gasteiger charge is 2.18. The van der Waals surface area contributed by atoms with Crippen molar-refractivity contribution in [2.24, 2.45) is 0 Å². The topological polar surface area (TPSA) is 65.5 Å². The van der Waals surface area contributed by atoms with Crippen LogP contribution in [0.3, 0.4) is 0 Å². The third kappa shape index (κ3) is 5.05. The number of aryl methyl sites for hydroxylation is 2. The monoisotopic (exact) mass is 311 g/mol. The fourth-order valence-electron chi connectivity index (χ4n) is 2.55. The first-order valence-corrected chi connectivity index (χ1v) is 8.66. The van der Waals surface area contributed by atoms with Crippen LogP contribution in [-0.4, -0.2) is 47.1 Å². The van der Waals surface area contributed by atoms with E-state index in [1.807, 2.05) is 0 Å². The van der Waals surface area contributed by atoms with Crippen molar-refractivity contribution >= 4 is 22.4 Å². The van der Waals surface area contributed by atoms with Gasteiger partial charge in [-0.15, -0.1) is 11.3 Å². The molecule has 0 atom stereocenters. The predicted octanol–water partition coefficient (Wildman–Crippen LogP) is 2.05. The van der Waals surface area contributed by atoms with Gasteiger partial charge in [0.25, 0.3) is 0 Å². The molecule has 0 spiro atoms. The lowest BCUT2D eigenvalue weighted by Gasteiger charge is -2.20. The van der Waals surface area contributed by atoms with Crippen LogP contribution in [0.4, 0.5) is 5.13 Å². The average Bonchev–Trinajstić information content (AvgIpc) is 3.02. The van der Waals surface area contributed by atoms with Crippen molar-refractivity contribution in [3.63, 3.8) is 0 Å². The molecule has 118 valence electrons. The average molecular weight is 311 g/mol. The van der Waals surface area contributed by atoms with Gasteiger partial charge in [-0.1, -0.05) is 13.3 Å². The Morgan fingerprint density at radius 2 is 2.19 bits per heavy atom. The molecule has 0 bridgehead atoms. The Morgan fingerprint density at radius 3 is 2.90 bits per heavy atom. The number of rotatable bonds is 9. The van der Waals surface area contributed by atoms with Crippen LogP contribution in [0.25, 0.3) is 0 Å². The summed E-state index contributed by atoms with van der Waals surface area (Å²) >= 11 is 1.61. The molecule has 1 aromatic heterocycles. The lowest BCUT2D eigenvalue weighted by atomic mass is 10.3. The van der Waals surface area contributed by atoms with E-state index in [2.05, 4.69) is 22.1 Å². The van der Waals surface area contributed by atoms with Gasteiger partial charge in [0.2, 0.25) is 5.91 Å². The van der Waals surface area contributed by atoms with Crippen molar-refractivity contribution in [3.05, 3.63) is 10.6 Å². The Labute approximate surface area is 130 Å². The van der Waals surface area contributed by atoms with E-state index in [-0.39, 0.29) is 12.5 Å². The molecule has 0 unspecified atom stereocenters. The maximum Gasteiger partial charge on any atom is 0.240 e. The van der Waals surface area contributed by atoms with Gasteiger partial charge in [-0.2, -0.15) is 0 Å². The summed E-state index contributed by atoms with van der Waals surface area (Å²) in [6.07, 6.45) is 6.22. The summed E-state index contributed by atoms with van der Waals surface area (Å²) in [4.78, 5) is 20.1. The maximum atomic E-state index is 12.1. The third-order valence-corrected chi connectivity index (χ3v) is 4.74. The second-order valence-corrected chi connectivity index (χ2v) is 6.58. The summed E-state index contributed by atoms with van der Waals surface area (Å²) < 4.78 is 0. The summed E-state index contributed by atoms with van der Waals surface area (Å²) in [7, 11) is 0. The minimum atomic E-state index is -0.00327. The van der Waals surface area contributed by atoms with Crippen molar-refractivity contribution in [3.8, 4) is 0 Å². The lowest BCUT2D eigenvalue weighted by molar-refractivity contribution is -0.117. The van der Waals surface area contributed by atoms with E-state index < -0.39 is 0 Å². The molecular weight excluding hydrogens is 286 g/mol. The molecule has 1 aromatic rings. The summed E-state index contributed by atoms with van der Waals surface area (Å²) in [5.74, 6) is -0.00327. The molecule has 0 aromatic carbocycles. The number of fused-ring (bicyclic) bond motifs is 1. The number of anilines is 1. The van der Waals surface area contributed by atoms with Crippen molar-refractivity contribution in [2.75, 3.05) is 31.6 Å². The summed E-state index contributed by atoms with van der Waals surface area (Å²) in [6, 6.07) is 0. The smallest absolute Gasteiger partial charge is 0.240 e. The molecule has 0 saturated heterocycles. The number of hydrogen-bond acceptors (Lipinski definition) is 5. The molecule has 6 heteroatoms. The quantitative estimate of drug-likeness (QED) is 0.732. The number of carbonyl (C=O) groups excluding carboxylic acids is 1. The van der Waals surface area contributed by atoms with Crippen molar-refractivity contribution in [1.82, 2.24) is 9.88 Å². The molecule has 1 amide bonds. The number of aromatic nitrogens is 1. The van der Waals surface area contributed by atoms with E-state index in [1.165, 1.54) is 17.0 Å². The Bertz CT molecular complexity index is 432. The Kier molecular flexibility index (Phi) is 6.60. The molecule has 21 heavy (non-hydrogen) atoms. The fourth-order valence-corrected chi connectivity index (χ4v) is 3.62. The van der Waals surface area contributed by atoms with E-state index in [4.69, 9.17) is 5.11 Å². The summed E-state index contributed by atoms with van der Waals surface area (Å²) in [5, 5.41) is 12.6. The number of unbranched alkanes of at least 4 members (excludes halogenated alkanes) is 1. The Balaban J connectivity index is 1.82. The number of hydrogen-bond donors (Lipinski definition) is 2.